The molecular weight excluding hydrogens is 234 g/mol. The minimum Gasteiger partial charge on any atom is -0.439 e. The van der Waals surface area contributed by atoms with E-state index in [2.05, 4.69) is 29.3 Å². The van der Waals surface area contributed by atoms with Gasteiger partial charge in [-0.25, -0.2) is 0 Å². The van der Waals surface area contributed by atoms with Crippen molar-refractivity contribution in [3.63, 3.8) is 0 Å². The van der Waals surface area contributed by atoms with Gasteiger partial charge in [0, 0.05) is 6.04 Å². The summed E-state index contributed by atoms with van der Waals surface area (Å²) in [4.78, 5) is 15.4. The van der Waals surface area contributed by atoms with Crippen molar-refractivity contribution < 1.29 is 14.1 Å². The number of rotatable bonds is 7. The summed E-state index contributed by atoms with van der Waals surface area (Å²) in [5.74, 6) is 0.944. The van der Waals surface area contributed by atoms with Crippen LogP contribution in [0.3, 0.4) is 0 Å². The first kappa shape index (κ1) is 14.5. The highest BCUT2D eigenvalue weighted by atomic mass is 16.6. The third kappa shape index (κ3) is 5.65. The molecule has 6 heteroatoms. The molecule has 1 aromatic rings. The molecule has 1 aromatic heterocycles. The summed E-state index contributed by atoms with van der Waals surface area (Å²) in [5.41, 5.74) is 0. The molecule has 1 amide bonds. The average molecular weight is 255 g/mol. The summed E-state index contributed by atoms with van der Waals surface area (Å²) in [6.07, 6.45) is 2.08. The summed E-state index contributed by atoms with van der Waals surface area (Å²) >= 11 is 0. The third-order valence-corrected chi connectivity index (χ3v) is 2.42. The Morgan fingerprint density at radius 2 is 2.11 bits per heavy atom. The first-order valence-electron chi connectivity index (χ1n) is 6.20. The van der Waals surface area contributed by atoms with Gasteiger partial charge < -0.3 is 10.1 Å². The van der Waals surface area contributed by atoms with Gasteiger partial charge in [0.2, 0.25) is 0 Å². The maximum Gasteiger partial charge on any atom is 0.417 e. The zero-order valence-electron chi connectivity index (χ0n) is 11.4. The van der Waals surface area contributed by atoms with Crippen LogP contribution in [0.1, 0.15) is 39.4 Å². The van der Waals surface area contributed by atoms with E-state index in [1.807, 2.05) is 6.92 Å². The minimum atomic E-state index is -0.179. The smallest absolute Gasteiger partial charge is 0.417 e. The van der Waals surface area contributed by atoms with Crippen molar-refractivity contribution in [2.75, 3.05) is 6.61 Å². The van der Waals surface area contributed by atoms with Crippen molar-refractivity contribution in [1.29, 1.82) is 0 Å². The highest BCUT2D eigenvalue weighted by Gasteiger charge is 2.10. The van der Waals surface area contributed by atoms with Crippen LogP contribution in [-0.4, -0.2) is 28.7 Å². The standard InChI is InChI=1S/C12H21N3O3/c1-8(2)5-6-9(3)13-11(16)7-17-12-14-10(4)15-18-12/h8-9H,5-7H2,1-4H3,(H,13,16). The van der Waals surface area contributed by atoms with Crippen LogP contribution in [-0.2, 0) is 4.79 Å². The van der Waals surface area contributed by atoms with E-state index in [4.69, 9.17) is 9.26 Å². The van der Waals surface area contributed by atoms with Crippen LogP contribution >= 0.6 is 0 Å². The average Bonchev–Trinajstić information content (AvgIpc) is 2.70. The lowest BCUT2D eigenvalue weighted by Crippen LogP contribution is -2.36. The normalized spacial score (nSPS) is 12.5. The Morgan fingerprint density at radius 3 is 2.67 bits per heavy atom. The second-order valence-electron chi connectivity index (χ2n) is 4.84. The topological polar surface area (TPSA) is 77.2 Å². The van der Waals surface area contributed by atoms with Crippen molar-refractivity contribution in [1.82, 2.24) is 15.5 Å². The van der Waals surface area contributed by atoms with Crippen LogP contribution < -0.4 is 10.1 Å². The molecule has 0 bridgehead atoms. The lowest BCUT2D eigenvalue weighted by molar-refractivity contribution is -0.124. The van der Waals surface area contributed by atoms with Crippen molar-refractivity contribution in [2.24, 2.45) is 5.92 Å². The van der Waals surface area contributed by atoms with Crippen LogP contribution in [0, 0.1) is 12.8 Å². The molecule has 102 valence electrons. The van der Waals surface area contributed by atoms with Gasteiger partial charge in [-0.2, -0.15) is 4.98 Å². The molecular formula is C12H21N3O3. The molecule has 1 N–H and O–H groups in total. The lowest BCUT2D eigenvalue weighted by atomic mass is 10.0. The van der Waals surface area contributed by atoms with E-state index in [0.29, 0.717) is 11.7 Å². The Hall–Kier alpha value is -1.59. The Bertz CT molecular complexity index is 376. The molecule has 0 aliphatic rings. The van der Waals surface area contributed by atoms with Gasteiger partial charge in [-0.1, -0.05) is 19.0 Å². The van der Waals surface area contributed by atoms with Crippen LogP contribution in [0.15, 0.2) is 4.52 Å². The number of carbonyl (C=O) groups excluding carboxylic acids is 1. The fourth-order valence-corrected chi connectivity index (χ4v) is 1.44. The maximum absolute atomic E-state index is 11.6. The molecule has 6 nitrogen and oxygen atoms in total. The van der Waals surface area contributed by atoms with E-state index in [1.54, 1.807) is 6.92 Å². The van der Waals surface area contributed by atoms with Gasteiger partial charge in [0.15, 0.2) is 12.4 Å². The van der Waals surface area contributed by atoms with Gasteiger partial charge in [0.05, 0.1) is 0 Å². The van der Waals surface area contributed by atoms with Gasteiger partial charge in [0.1, 0.15) is 0 Å². The zero-order chi connectivity index (χ0) is 13.5. The van der Waals surface area contributed by atoms with Crippen molar-refractivity contribution in [2.45, 2.75) is 46.6 Å². The molecule has 0 aliphatic carbocycles. The van der Waals surface area contributed by atoms with Crippen molar-refractivity contribution >= 4 is 5.91 Å². The fourth-order valence-electron chi connectivity index (χ4n) is 1.44. The molecule has 0 aliphatic heterocycles. The van der Waals surface area contributed by atoms with E-state index in [1.165, 1.54) is 0 Å². The molecule has 0 saturated carbocycles. The first-order valence-corrected chi connectivity index (χ1v) is 6.20. The second-order valence-corrected chi connectivity index (χ2v) is 4.84. The van der Waals surface area contributed by atoms with Crippen LogP contribution in [0.4, 0.5) is 0 Å². The molecule has 1 heterocycles. The van der Waals surface area contributed by atoms with Crippen molar-refractivity contribution in [3.05, 3.63) is 5.82 Å². The number of nitrogens with one attached hydrogen (secondary N) is 1. The van der Waals surface area contributed by atoms with Crippen LogP contribution in [0.5, 0.6) is 6.08 Å². The maximum atomic E-state index is 11.6. The lowest BCUT2D eigenvalue weighted by Gasteiger charge is -2.14. The van der Waals surface area contributed by atoms with Gasteiger partial charge in [-0.05, 0) is 32.6 Å². The summed E-state index contributed by atoms with van der Waals surface area (Å²) in [6, 6.07) is 0.146. The van der Waals surface area contributed by atoms with E-state index < -0.39 is 0 Å². The largest absolute Gasteiger partial charge is 0.439 e. The van der Waals surface area contributed by atoms with Gasteiger partial charge in [-0.15, -0.1) is 0 Å². The minimum absolute atomic E-state index is 0.0254. The van der Waals surface area contributed by atoms with E-state index in [9.17, 15) is 4.79 Å². The first-order chi connectivity index (χ1) is 8.47. The predicted molar refractivity (Wildman–Crippen MR) is 66.2 cm³/mol. The number of hydrogen-bond acceptors (Lipinski definition) is 5. The molecule has 0 radical (unpaired) electrons. The Kier molecular flexibility index (Phi) is 5.61. The Labute approximate surface area is 107 Å². The molecule has 1 atom stereocenters. The van der Waals surface area contributed by atoms with Gasteiger partial charge >= 0.3 is 6.08 Å². The molecule has 18 heavy (non-hydrogen) atoms. The van der Waals surface area contributed by atoms with E-state index in [-0.39, 0.29) is 24.6 Å². The van der Waals surface area contributed by atoms with Crippen LogP contribution in [0.25, 0.3) is 0 Å². The molecule has 0 fully saturated rings. The molecule has 0 saturated heterocycles. The van der Waals surface area contributed by atoms with Crippen LogP contribution in [0.2, 0.25) is 0 Å². The summed E-state index contributed by atoms with van der Waals surface area (Å²) in [5, 5.41) is 6.42. The SMILES string of the molecule is Cc1noc(OCC(=O)NC(C)CCC(C)C)n1. The summed E-state index contributed by atoms with van der Waals surface area (Å²) < 4.78 is 9.80. The Morgan fingerprint density at radius 1 is 1.39 bits per heavy atom. The molecule has 1 rings (SSSR count). The number of aryl methyl sites for hydroxylation is 1. The summed E-state index contributed by atoms with van der Waals surface area (Å²) in [7, 11) is 0. The monoisotopic (exact) mass is 255 g/mol. The van der Waals surface area contributed by atoms with E-state index >= 15 is 0 Å². The predicted octanol–water partition coefficient (Wildman–Crippen LogP) is 1.70. The Balaban J connectivity index is 2.20. The fraction of sp³-hybridized carbons (Fsp3) is 0.750. The van der Waals surface area contributed by atoms with Gasteiger partial charge in [0.25, 0.3) is 5.91 Å². The third-order valence-electron chi connectivity index (χ3n) is 2.42. The quantitative estimate of drug-likeness (QED) is 0.802. The number of nitrogens with zero attached hydrogens (tertiary/aromatic N) is 2. The number of amides is 1. The number of aromatic nitrogens is 2. The number of hydrogen-bond donors (Lipinski definition) is 1. The van der Waals surface area contributed by atoms with Crippen molar-refractivity contribution in [3.8, 4) is 6.08 Å². The molecule has 1 unspecified atom stereocenters. The molecule has 0 aromatic carbocycles. The van der Waals surface area contributed by atoms with Gasteiger partial charge in [-0.3, -0.25) is 9.32 Å². The van der Waals surface area contributed by atoms with E-state index in [0.717, 1.165) is 12.8 Å². The number of carbonyl (C=O) groups is 1. The highest BCUT2D eigenvalue weighted by Crippen LogP contribution is 2.07. The highest BCUT2D eigenvalue weighted by molar-refractivity contribution is 5.77. The summed E-state index contributed by atoms with van der Waals surface area (Å²) in [6.45, 7) is 7.89. The number of ether oxygens (including phenoxy) is 1. The second kappa shape index (κ2) is 6.98. The molecule has 0 spiro atoms. The zero-order valence-corrected chi connectivity index (χ0v) is 11.4.